The van der Waals surface area contributed by atoms with Crippen LogP contribution in [0.25, 0.3) is 0 Å². The highest BCUT2D eigenvalue weighted by Crippen LogP contribution is 2.19. The second kappa shape index (κ2) is 9.23. The topological polar surface area (TPSA) is 93.5 Å². The Bertz CT molecular complexity index is 958. The Morgan fingerprint density at radius 3 is 2.43 bits per heavy atom. The Balaban J connectivity index is 1.54. The van der Waals surface area contributed by atoms with Crippen molar-refractivity contribution in [2.75, 3.05) is 17.2 Å². The first-order valence-corrected chi connectivity index (χ1v) is 8.81. The molecule has 2 amide bonds. The van der Waals surface area contributed by atoms with E-state index in [1.54, 1.807) is 24.3 Å². The van der Waals surface area contributed by atoms with Crippen LogP contribution >= 0.6 is 0 Å². The van der Waals surface area contributed by atoms with Gasteiger partial charge in [-0.25, -0.2) is 0 Å². The molecule has 0 spiro atoms. The van der Waals surface area contributed by atoms with Gasteiger partial charge in [0.2, 0.25) is 5.91 Å². The van der Waals surface area contributed by atoms with Crippen LogP contribution in [-0.2, 0) is 11.4 Å². The molecule has 4 N–H and O–H groups in total. The number of nitrogens with one attached hydrogen (secondary N) is 2. The molecule has 6 nitrogen and oxygen atoms in total. The molecule has 6 heteroatoms. The molecule has 0 aromatic heterocycles. The smallest absolute Gasteiger partial charge is 0.250 e. The minimum Gasteiger partial charge on any atom is -0.489 e. The van der Waals surface area contributed by atoms with Crippen LogP contribution in [0.4, 0.5) is 11.4 Å². The molecular weight excluding hydrogens is 354 g/mol. The monoisotopic (exact) mass is 375 g/mol. The van der Waals surface area contributed by atoms with Crippen molar-refractivity contribution >= 4 is 23.2 Å². The zero-order valence-corrected chi connectivity index (χ0v) is 15.2. The lowest BCUT2D eigenvalue weighted by Gasteiger charge is -2.11. The van der Waals surface area contributed by atoms with E-state index in [2.05, 4.69) is 10.6 Å². The third kappa shape index (κ3) is 5.35. The lowest BCUT2D eigenvalue weighted by molar-refractivity contribution is -0.114. The third-order valence-corrected chi connectivity index (χ3v) is 4.00. The second-order valence-corrected chi connectivity index (χ2v) is 6.11. The maximum Gasteiger partial charge on any atom is 0.250 e. The number of primary amides is 1. The van der Waals surface area contributed by atoms with Gasteiger partial charge >= 0.3 is 0 Å². The Hall–Kier alpha value is -3.80. The molecule has 0 radical (unpaired) electrons. The average Bonchev–Trinajstić information content (AvgIpc) is 2.72. The predicted molar refractivity (Wildman–Crippen MR) is 109 cm³/mol. The van der Waals surface area contributed by atoms with Crippen LogP contribution in [0.15, 0.2) is 78.9 Å². The van der Waals surface area contributed by atoms with Gasteiger partial charge in [-0.1, -0.05) is 48.5 Å². The number of hydrogen-bond acceptors (Lipinski definition) is 4. The summed E-state index contributed by atoms with van der Waals surface area (Å²) >= 11 is 0. The second-order valence-electron chi connectivity index (χ2n) is 6.11. The molecule has 0 aliphatic carbocycles. The van der Waals surface area contributed by atoms with Crippen LogP contribution < -0.4 is 21.1 Å². The zero-order valence-electron chi connectivity index (χ0n) is 15.2. The number of benzene rings is 3. The van der Waals surface area contributed by atoms with E-state index in [9.17, 15) is 9.59 Å². The van der Waals surface area contributed by atoms with Gasteiger partial charge in [-0.15, -0.1) is 0 Å². The van der Waals surface area contributed by atoms with Crippen molar-refractivity contribution in [3.05, 3.63) is 90.0 Å². The summed E-state index contributed by atoms with van der Waals surface area (Å²) in [4.78, 5) is 23.6. The highest BCUT2D eigenvalue weighted by atomic mass is 16.5. The van der Waals surface area contributed by atoms with Crippen molar-refractivity contribution in [1.29, 1.82) is 0 Å². The first-order valence-electron chi connectivity index (χ1n) is 8.81. The molecular formula is C22H21N3O3. The van der Waals surface area contributed by atoms with Crippen LogP contribution in [0.3, 0.4) is 0 Å². The van der Waals surface area contributed by atoms with Gasteiger partial charge in [0.1, 0.15) is 12.4 Å². The van der Waals surface area contributed by atoms with E-state index in [-0.39, 0.29) is 18.0 Å². The SMILES string of the molecule is NC(=O)c1ccccc1NC(=O)CNc1cccc(OCc2ccccc2)c1. The molecule has 28 heavy (non-hydrogen) atoms. The van der Waals surface area contributed by atoms with Gasteiger partial charge in [-0.2, -0.15) is 0 Å². The highest BCUT2D eigenvalue weighted by molar-refractivity contribution is 6.03. The van der Waals surface area contributed by atoms with Gasteiger partial charge in [0, 0.05) is 11.8 Å². The van der Waals surface area contributed by atoms with E-state index in [0.29, 0.717) is 18.0 Å². The Morgan fingerprint density at radius 2 is 1.64 bits per heavy atom. The van der Waals surface area contributed by atoms with E-state index >= 15 is 0 Å². The number of rotatable bonds is 8. The quantitative estimate of drug-likeness (QED) is 0.562. The molecule has 0 saturated heterocycles. The fourth-order valence-electron chi connectivity index (χ4n) is 2.62. The first-order chi connectivity index (χ1) is 13.6. The number of amides is 2. The minimum atomic E-state index is -0.591. The normalized spacial score (nSPS) is 10.1. The molecule has 0 bridgehead atoms. The van der Waals surface area contributed by atoms with Gasteiger partial charge < -0.3 is 21.1 Å². The molecule has 0 unspecified atom stereocenters. The number of anilines is 2. The molecule has 142 valence electrons. The van der Waals surface area contributed by atoms with Crippen molar-refractivity contribution in [3.63, 3.8) is 0 Å². The van der Waals surface area contributed by atoms with Crippen LogP contribution in [0.5, 0.6) is 5.75 Å². The van der Waals surface area contributed by atoms with Gasteiger partial charge in [0.15, 0.2) is 0 Å². The maximum absolute atomic E-state index is 12.2. The molecule has 0 heterocycles. The fourth-order valence-corrected chi connectivity index (χ4v) is 2.62. The largest absolute Gasteiger partial charge is 0.489 e. The highest BCUT2D eigenvalue weighted by Gasteiger charge is 2.10. The molecule has 0 aliphatic heterocycles. The Morgan fingerprint density at radius 1 is 0.893 bits per heavy atom. The summed E-state index contributed by atoms with van der Waals surface area (Å²) in [6.45, 7) is 0.504. The van der Waals surface area contributed by atoms with Crippen molar-refractivity contribution in [2.24, 2.45) is 5.73 Å². The van der Waals surface area contributed by atoms with E-state index in [0.717, 1.165) is 11.3 Å². The summed E-state index contributed by atoms with van der Waals surface area (Å²) in [5.74, 6) is -0.176. The summed E-state index contributed by atoms with van der Waals surface area (Å²) in [5, 5.41) is 5.73. The number of para-hydroxylation sites is 1. The molecule has 0 saturated carbocycles. The molecule has 3 aromatic rings. The molecule has 3 aromatic carbocycles. The van der Waals surface area contributed by atoms with Crippen molar-refractivity contribution in [3.8, 4) is 5.75 Å². The van der Waals surface area contributed by atoms with Crippen molar-refractivity contribution in [1.82, 2.24) is 0 Å². The standard InChI is InChI=1S/C22H21N3O3/c23-22(27)19-11-4-5-12-20(19)25-21(26)14-24-17-9-6-10-18(13-17)28-15-16-7-2-1-3-8-16/h1-13,24H,14-15H2,(H2,23,27)(H,25,26). The number of nitrogens with two attached hydrogens (primary N) is 1. The summed E-state index contributed by atoms with van der Waals surface area (Å²) in [6, 6.07) is 23.9. The molecule has 0 aliphatic rings. The fraction of sp³-hybridized carbons (Fsp3) is 0.0909. The van der Waals surface area contributed by atoms with E-state index in [1.165, 1.54) is 0 Å². The summed E-state index contributed by atoms with van der Waals surface area (Å²) in [6.07, 6.45) is 0. The zero-order chi connectivity index (χ0) is 19.8. The first kappa shape index (κ1) is 19.0. The summed E-state index contributed by atoms with van der Waals surface area (Å²) in [7, 11) is 0. The number of hydrogen-bond donors (Lipinski definition) is 3. The van der Waals surface area contributed by atoms with E-state index in [1.807, 2.05) is 54.6 Å². The molecule has 0 fully saturated rings. The predicted octanol–water partition coefficient (Wildman–Crippen LogP) is 3.42. The van der Waals surface area contributed by atoms with E-state index < -0.39 is 5.91 Å². The third-order valence-electron chi connectivity index (χ3n) is 4.00. The Kier molecular flexibility index (Phi) is 6.25. The van der Waals surface area contributed by atoms with Crippen molar-refractivity contribution in [2.45, 2.75) is 6.61 Å². The molecule has 0 atom stereocenters. The lowest BCUT2D eigenvalue weighted by atomic mass is 10.1. The lowest BCUT2D eigenvalue weighted by Crippen LogP contribution is -2.24. The molecule has 3 rings (SSSR count). The minimum absolute atomic E-state index is 0.0369. The number of carbonyl (C=O) groups is 2. The van der Waals surface area contributed by atoms with Crippen LogP contribution in [-0.4, -0.2) is 18.4 Å². The summed E-state index contributed by atoms with van der Waals surface area (Å²) in [5.41, 5.74) is 7.81. The van der Waals surface area contributed by atoms with Gasteiger partial charge in [0.25, 0.3) is 5.91 Å². The maximum atomic E-state index is 12.2. The van der Waals surface area contributed by atoms with E-state index in [4.69, 9.17) is 10.5 Å². The Labute approximate surface area is 163 Å². The van der Waals surface area contributed by atoms with Crippen LogP contribution in [0.1, 0.15) is 15.9 Å². The van der Waals surface area contributed by atoms with Crippen LogP contribution in [0, 0.1) is 0 Å². The van der Waals surface area contributed by atoms with Gasteiger partial charge in [-0.05, 0) is 29.8 Å². The van der Waals surface area contributed by atoms with Crippen molar-refractivity contribution < 1.29 is 14.3 Å². The summed E-state index contributed by atoms with van der Waals surface area (Å²) < 4.78 is 5.79. The average molecular weight is 375 g/mol. The number of ether oxygens (including phenoxy) is 1. The van der Waals surface area contributed by atoms with Gasteiger partial charge in [-0.3, -0.25) is 9.59 Å². The van der Waals surface area contributed by atoms with Crippen LogP contribution in [0.2, 0.25) is 0 Å². The number of carbonyl (C=O) groups excluding carboxylic acids is 2. The van der Waals surface area contributed by atoms with Gasteiger partial charge in [0.05, 0.1) is 17.8 Å².